The Bertz CT molecular complexity index is 658. The molecule has 2 heterocycles. The van der Waals surface area contributed by atoms with E-state index in [9.17, 15) is 9.59 Å². The van der Waals surface area contributed by atoms with Crippen molar-refractivity contribution in [2.24, 2.45) is 0 Å². The fourth-order valence-corrected chi connectivity index (χ4v) is 2.45. The van der Waals surface area contributed by atoms with Gasteiger partial charge < -0.3 is 9.64 Å². The minimum absolute atomic E-state index is 0.194. The van der Waals surface area contributed by atoms with E-state index in [1.54, 1.807) is 17.3 Å². The first kappa shape index (κ1) is 14.3. The second-order valence-corrected chi connectivity index (χ2v) is 5.14. The quantitative estimate of drug-likeness (QED) is 0.812. The molecule has 1 atom stereocenters. The van der Waals surface area contributed by atoms with Gasteiger partial charge in [-0.15, -0.1) is 0 Å². The van der Waals surface area contributed by atoms with Crippen LogP contribution in [0, 0.1) is 0 Å². The second-order valence-electron chi connectivity index (χ2n) is 5.14. The Morgan fingerprint density at radius 2 is 2.05 bits per heavy atom. The third-order valence-corrected chi connectivity index (χ3v) is 3.56. The molecule has 5 nitrogen and oxygen atoms in total. The summed E-state index contributed by atoms with van der Waals surface area (Å²) in [6.45, 7) is 0.394. The Balaban J connectivity index is 1.86. The summed E-state index contributed by atoms with van der Waals surface area (Å²) in [5.41, 5.74) is 1.70. The van der Waals surface area contributed by atoms with Gasteiger partial charge in [0.05, 0.1) is 6.54 Å². The summed E-state index contributed by atoms with van der Waals surface area (Å²) < 4.78 is 5.12. The Morgan fingerprint density at radius 3 is 2.68 bits per heavy atom. The summed E-state index contributed by atoms with van der Waals surface area (Å²) in [4.78, 5) is 29.7. The molecule has 1 aromatic heterocycles. The highest BCUT2D eigenvalue weighted by Crippen LogP contribution is 2.22. The predicted octanol–water partition coefficient (Wildman–Crippen LogP) is 2.32. The zero-order valence-electron chi connectivity index (χ0n) is 12.0. The van der Waals surface area contributed by atoms with E-state index >= 15 is 0 Å². The minimum Gasteiger partial charge on any atom is -0.452 e. The number of ether oxygens (including phenoxy) is 1. The van der Waals surface area contributed by atoms with Gasteiger partial charge in [-0.1, -0.05) is 24.3 Å². The van der Waals surface area contributed by atoms with E-state index in [2.05, 4.69) is 4.98 Å². The third-order valence-electron chi connectivity index (χ3n) is 3.56. The molecule has 0 unspecified atom stereocenters. The summed E-state index contributed by atoms with van der Waals surface area (Å²) in [7, 11) is 0. The van der Waals surface area contributed by atoms with Crippen molar-refractivity contribution in [1.29, 1.82) is 0 Å². The van der Waals surface area contributed by atoms with Crippen molar-refractivity contribution in [2.75, 3.05) is 4.90 Å². The van der Waals surface area contributed by atoms with Gasteiger partial charge in [-0.3, -0.25) is 14.6 Å². The Kier molecular flexibility index (Phi) is 4.14. The van der Waals surface area contributed by atoms with Gasteiger partial charge in [-0.05, 0) is 23.8 Å². The van der Waals surface area contributed by atoms with E-state index in [0.29, 0.717) is 19.4 Å². The number of carbonyl (C=O) groups is 2. The van der Waals surface area contributed by atoms with Gasteiger partial charge >= 0.3 is 5.97 Å². The van der Waals surface area contributed by atoms with E-state index in [1.165, 1.54) is 0 Å². The number of amides is 1. The lowest BCUT2D eigenvalue weighted by atomic mass is 10.1. The van der Waals surface area contributed by atoms with Crippen LogP contribution < -0.4 is 4.90 Å². The van der Waals surface area contributed by atoms with Crippen LogP contribution in [-0.4, -0.2) is 23.0 Å². The van der Waals surface area contributed by atoms with Crippen LogP contribution in [0.4, 0.5) is 5.69 Å². The van der Waals surface area contributed by atoms with Crippen LogP contribution in [0.3, 0.4) is 0 Å². The maximum Gasteiger partial charge on any atom is 0.306 e. The molecule has 0 spiro atoms. The lowest BCUT2D eigenvalue weighted by molar-refractivity contribution is -0.147. The first-order chi connectivity index (χ1) is 10.7. The van der Waals surface area contributed by atoms with Crippen molar-refractivity contribution < 1.29 is 14.3 Å². The minimum atomic E-state index is -0.690. The van der Waals surface area contributed by atoms with Gasteiger partial charge in [0.2, 0.25) is 0 Å². The second kappa shape index (κ2) is 6.39. The number of benzene rings is 1. The van der Waals surface area contributed by atoms with Gasteiger partial charge in [0, 0.05) is 30.9 Å². The topological polar surface area (TPSA) is 59.5 Å². The average molecular weight is 296 g/mol. The summed E-state index contributed by atoms with van der Waals surface area (Å²) in [6, 6.07) is 13.1. The van der Waals surface area contributed by atoms with Crippen molar-refractivity contribution in [1.82, 2.24) is 4.98 Å². The molecule has 5 heteroatoms. The molecule has 22 heavy (non-hydrogen) atoms. The number of hydrogen-bond donors (Lipinski definition) is 0. The van der Waals surface area contributed by atoms with E-state index in [4.69, 9.17) is 4.74 Å². The smallest absolute Gasteiger partial charge is 0.306 e. The normalized spacial score (nSPS) is 17.1. The number of cyclic esters (lactones) is 1. The van der Waals surface area contributed by atoms with Gasteiger partial charge in [-0.2, -0.15) is 0 Å². The number of pyridine rings is 1. The maximum absolute atomic E-state index is 12.7. The number of carbonyl (C=O) groups excluding carboxylic acids is 2. The molecule has 0 N–H and O–H groups in total. The molecule has 1 aromatic carbocycles. The highest BCUT2D eigenvalue weighted by molar-refractivity contribution is 5.98. The molecule has 1 saturated heterocycles. The van der Waals surface area contributed by atoms with E-state index < -0.39 is 6.10 Å². The van der Waals surface area contributed by atoms with E-state index in [0.717, 1.165) is 11.3 Å². The van der Waals surface area contributed by atoms with Crippen LogP contribution in [0.5, 0.6) is 0 Å². The standard InChI is InChI=1S/C17H16N2O3/c20-16-9-8-15(22-16)17(21)19(14-6-2-1-3-7-14)12-13-5-4-10-18-11-13/h1-7,10-11,15H,8-9,12H2/t15-/m0/s1. The summed E-state index contributed by atoms with van der Waals surface area (Å²) in [5.74, 6) is -0.506. The number of aromatic nitrogens is 1. The van der Waals surface area contributed by atoms with Crippen LogP contribution in [-0.2, 0) is 20.9 Å². The zero-order valence-corrected chi connectivity index (χ0v) is 12.0. The van der Waals surface area contributed by atoms with Crippen LogP contribution in [0.25, 0.3) is 0 Å². The van der Waals surface area contributed by atoms with Gasteiger partial charge in [-0.25, -0.2) is 0 Å². The van der Waals surface area contributed by atoms with Crippen molar-refractivity contribution in [3.63, 3.8) is 0 Å². The molecule has 0 bridgehead atoms. The number of anilines is 1. The molecule has 112 valence electrons. The summed E-state index contributed by atoms with van der Waals surface area (Å²) >= 11 is 0. The molecule has 1 fully saturated rings. The molecule has 1 aliphatic heterocycles. The highest BCUT2D eigenvalue weighted by atomic mass is 16.6. The number of nitrogens with zero attached hydrogens (tertiary/aromatic N) is 2. The van der Waals surface area contributed by atoms with Crippen molar-refractivity contribution in [3.05, 3.63) is 60.4 Å². The lowest BCUT2D eigenvalue weighted by Crippen LogP contribution is -2.38. The van der Waals surface area contributed by atoms with Crippen molar-refractivity contribution >= 4 is 17.6 Å². The molecular weight excluding hydrogens is 280 g/mol. The largest absolute Gasteiger partial charge is 0.452 e. The van der Waals surface area contributed by atoms with Crippen LogP contribution in [0.15, 0.2) is 54.9 Å². The molecule has 2 aromatic rings. The molecule has 0 radical (unpaired) electrons. The fraction of sp³-hybridized carbons (Fsp3) is 0.235. The van der Waals surface area contributed by atoms with Gasteiger partial charge in [0.25, 0.3) is 5.91 Å². The number of hydrogen-bond acceptors (Lipinski definition) is 4. The highest BCUT2D eigenvalue weighted by Gasteiger charge is 2.33. The molecule has 0 saturated carbocycles. The zero-order chi connectivity index (χ0) is 15.4. The van der Waals surface area contributed by atoms with Crippen LogP contribution in [0.1, 0.15) is 18.4 Å². The Labute approximate surface area is 128 Å². The molecule has 1 amide bonds. The lowest BCUT2D eigenvalue weighted by Gasteiger charge is -2.25. The first-order valence-electron chi connectivity index (χ1n) is 7.19. The van der Waals surface area contributed by atoms with Gasteiger partial charge in [0.15, 0.2) is 6.10 Å². The fourth-order valence-electron chi connectivity index (χ4n) is 2.45. The predicted molar refractivity (Wildman–Crippen MR) is 81.0 cm³/mol. The third kappa shape index (κ3) is 3.14. The average Bonchev–Trinajstić information content (AvgIpc) is 3.00. The van der Waals surface area contributed by atoms with Crippen molar-refractivity contribution in [3.8, 4) is 0 Å². The van der Waals surface area contributed by atoms with Crippen LogP contribution >= 0.6 is 0 Å². The Morgan fingerprint density at radius 1 is 1.23 bits per heavy atom. The van der Waals surface area contributed by atoms with Crippen molar-refractivity contribution in [2.45, 2.75) is 25.5 Å². The number of rotatable bonds is 4. The molecular formula is C17H16N2O3. The molecule has 3 rings (SSSR count). The number of esters is 1. The maximum atomic E-state index is 12.7. The van der Waals surface area contributed by atoms with Crippen LogP contribution in [0.2, 0.25) is 0 Å². The SMILES string of the molecule is O=C1CC[C@@H](C(=O)N(Cc2cccnc2)c2ccccc2)O1. The van der Waals surface area contributed by atoms with E-state index in [-0.39, 0.29) is 11.9 Å². The first-order valence-corrected chi connectivity index (χ1v) is 7.19. The van der Waals surface area contributed by atoms with E-state index in [1.807, 2.05) is 42.5 Å². The number of para-hydroxylation sites is 1. The monoisotopic (exact) mass is 296 g/mol. The van der Waals surface area contributed by atoms with Gasteiger partial charge in [0.1, 0.15) is 0 Å². The summed E-state index contributed by atoms with van der Waals surface area (Å²) in [5, 5.41) is 0. The molecule has 1 aliphatic rings. The summed E-state index contributed by atoms with van der Waals surface area (Å²) in [6.07, 6.45) is 3.46. The Hall–Kier alpha value is -2.69. The molecule has 0 aliphatic carbocycles.